The van der Waals surface area contributed by atoms with Crippen molar-refractivity contribution in [1.29, 1.82) is 0 Å². The molecule has 2 aromatic rings. The fourth-order valence-electron chi connectivity index (χ4n) is 2.34. The van der Waals surface area contributed by atoms with Crippen LogP contribution < -0.4 is 4.90 Å². The molecule has 0 fully saturated rings. The molecule has 3 heteroatoms. The van der Waals surface area contributed by atoms with Crippen LogP contribution in [0.4, 0.5) is 5.69 Å². The first-order valence-electron chi connectivity index (χ1n) is 5.94. The molecule has 0 aromatic heterocycles. The van der Waals surface area contributed by atoms with Gasteiger partial charge in [-0.25, -0.2) is 0 Å². The van der Waals surface area contributed by atoms with E-state index in [9.17, 15) is 9.90 Å². The summed E-state index contributed by atoms with van der Waals surface area (Å²) in [5, 5.41) is 9.43. The summed E-state index contributed by atoms with van der Waals surface area (Å²) in [4.78, 5) is 14.1. The summed E-state index contributed by atoms with van der Waals surface area (Å²) in [5.41, 5.74) is 2.62. The monoisotopic (exact) mass is 239 g/mol. The van der Waals surface area contributed by atoms with Crippen LogP contribution in [0.3, 0.4) is 0 Å². The summed E-state index contributed by atoms with van der Waals surface area (Å²) >= 11 is 0. The number of benzene rings is 2. The first-order chi connectivity index (χ1) is 8.75. The van der Waals surface area contributed by atoms with Gasteiger partial charge in [0.1, 0.15) is 5.75 Å². The number of fused-ring (bicyclic) bond motifs is 1. The van der Waals surface area contributed by atoms with Crippen molar-refractivity contribution in [3.63, 3.8) is 0 Å². The first-order valence-corrected chi connectivity index (χ1v) is 5.94. The molecule has 0 aliphatic carbocycles. The predicted octanol–water partition coefficient (Wildman–Crippen LogP) is 2.60. The Morgan fingerprint density at radius 2 is 1.89 bits per heavy atom. The summed E-state index contributed by atoms with van der Waals surface area (Å²) < 4.78 is 0. The lowest BCUT2D eigenvalue weighted by Crippen LogP contribution is -2.28. The van der Waals surface area contributed by atoms with Gasteiger partial charge in [-0.15, -0.1) is 0 Å². The zero-order chi connectivity index (χ0) is 12.5. The number of carbonyl (C=O) groups is 1. The van der Waals surface area contributed by atoms with Gasteiger partial charge in [-0.3, -0.25) is 4.79 Å². The van der Waals surface area contributed by atoms with Crippen LogP contribution in [0, 0.1) is 0 Å². The van der Waals surface area contributed by atoms with Crippen molar-refractivity contribution < 1.29 is 9.90 Å². The number of amides is 1. The fraction of sp³-hybridized carbons (Fsp3) is 0.133. The molecule has 0 unspecified atom stereocenters. The largest absolute Gasteiger partial charge is 0.508 e. The molecule has 1 amide bonds. The van der Waals surface area contributed by atoms with Crippen LogP contribution in [0.1, 0.15) is 15.9 Å². The number of rotatable bonds is 1. The third kappa shape index (κ3) is 1.74. The van der Waals surface area contributed by atoms with Gasteiger partial charge < -0.3 is 10.0 Å². The van der Waals surface area contributed by atoms with Gasteiger partial charge in [0.25, 0.3) is 5.91 Å². The molecule has 0 spiro atoms. The highest BCUT2D eigenvalue weighted by molar-refractivity contribution is 6.07. The third-order valence-electron chi connectivity index (χ3n) is 3.22. The van der Waals surface area contributed by atoms with E-state index in [-0.39, 0.29) is 11.7 Å². The summed E-state index contributed by atoms with van der Waals surface area (Å²) in [6.45, 7) is 0.673. The highest BCUT2D eigenvalue weighted by Gasteiger charge is 2.25. The maximum atomic E-state index is 12.4. The lowest BCUT2D eigenvalue weighted by molar-refractivity contribution is 0.0989. The number of phenols is 1. The van der Waals surface area contributed by atoms with Gasteiger partial charge in [-0.05, 0) is 42.3 Å². The van der Waals surface area contributed by atoms with Gasteiger partial charge >= 0.3 is 0 Å². The Labute approximate surface area is 105 Å². The second-order valence-corrected chi connectivity index (χ2v) is 4.39. The zero-order valence-electron chi connectivity index (χ0n) is 9.84. The Kier molecular flexibility index (Phi) is 2.52. The van der Waals surface area contributed by atoms with Gasteiger partial charge in [0.05, 0.1) is 0 Å². The molecule has 1 aliphatic heterocycles. The molecule has 0 saturated carbocycles. The minimum atomic E-state index is 0.0139. The number of nitrogens with zero attached hydrogens (tertiary/aromatic N) is 1. The average Bonchev–Trinajstić information content (AvgIpc) is 2.81. The molecule has 1 N–H and O–H groups in total. The predicted molar refractivity (Wildman–Crippen MR) is 69.9 cm³/mol. The molecule has 90 valence electrons. The SMILES string of the molecule is O=C(c1ccccc1)N1CCc2cc(O)ccc21. The van der Waals surface area contributed by atoms with Crippen molar-refractivity contribution in [3.05, 3.63) is 59.7 Å². The van der Waals surface area contributed by atoms with Crippen molar-refractivity contribution >= 4 is 11.6 Å². The Morgan fingerprint density at radius 1 is 1.11 bits per heavy atom. The van der Waals surface area contributed by atoms with Crippen LogP contribution in [0.15, 0.2) is 48.5 Å². The average molecular weight is 239 g/mol. The van der Waals surface area contributed by atoms with E-state index in [0.717, 1.165) is 17.7 Å². The summed E-state index contributed by atoms with van der Waals surface area (Å²) in [6.07, 6.45) is 0.794. The number of anilines is 1. The van der Waals surface area contributed by atoms with E-state index in [2.05, 4.69) is 0 Å². The highest BCUT2D eigenvalue weighted by Crippen LogP contribution is 2.31. The van der Waals surface area contributed by atoms with Crippen molar-refractivity contribution in [2.75, 3.05) is 11.4 Å². The van der Waals surface area contributed by atoms with E-state index in [4.69, 9.17) is 0 Å². The maximum Gasteiger partial charge on any atom is 0.258 e. The highest BCUT2D eigenvalue weighted by atomic mass is 16.3. The third-order valence-corrected chi connectivity index (χ3v) is 3.22. The van der Waals surface area contributed by atoms with Gasteiger partial charge in [0.15, 0.2) is 0 Å². The normalized spacial score (nSPS) is 13.4. The molecule has 2 aromatic carbocycles. The number of phenolic OH excluding ortho intramolecular Hbond substituents is 1. The number of carbonyl (C=O) groups excluding carboxylic acids is 1. The van der Waals surface area contributed by atoms with Gasteiger partial charge in [-0.1, -0.05) is 18.2 Å². The van der Waals surface area contributed by atoms with E-state index in [1.807, 2.05) is 30.3 Å². The zero-order valence-corrected chi connectivity index (χ0v) is 9.84. The van der Waals surface area contributed by atoms with E-state index >= 15 is 0 Å². The molecule has 1 heterocycles. The number of hydrogen-bond acceptors (Lipinski definition) is 2. The second-order valence-electron chi connectivity index (χ2n) is 4.39. The molecular formula is C15H13NO2. The topological polar surface area (TPSA) is 40.5 Å². The van der Waals surface area contributed by atoms with Crippen LogP contribution in [-0.2, 0) is 6.42 Å². The fourth-order valence-corrected chi connectivity index (χ4v) is 2.34. The minimum Gasteiger partial charge on any atom is -0.508 e. The first kappa shape index (κ1) is 10.8. The molecule has 0 atom stereocenters. The van der Waals surface area contributed by atoms with Crippen LogP contribution in [0.2, 0.25) is 0 Å². The summed E-state index contributed by atoms with van der Waals surface area (Å²) in [5.74, 6) is 0.266. The summed E-state index contributed by atoms with van der Waals surface area (Å²) in [7, 11) is 0. The number of aromatic hydroxyl groups is 1. The van der Waals surface area contributed by atoms with Crippen molar-refractivity contribution in [3.8, 4) is 5.75 Å². The Balaban J connectivity index is 1.95. The summed E-state index contributed by atoms with van der Waals surface area (Å²) in [6, 6.07) is 14.4. The smallest absolute Gasteiger partial charge is 0.258 e. The van der Waals surface area contributed by atoms with Crippen molar-refractivity contribution in [2.24, 2.45) is 0 Å². The van der Waals surface area contributed by atoms with Crippen LogP contribution >= 0.6 is 0 Å². The molecule has 18 heavy (non-hydrogen) atoms. The number of hydrogen-bond donors (Lipinski definition) is 1. The Morgan fingerprint density at radius 3 is 2.67 bits per heavy atom. The van der Waals surface area contributed by atoms with Crippen LogP contribution in [0.5, 0.6) is 5.75 Å². The van der Waals surface area contributed by atoms with Crippen LogP contribution in [0.25, 0.3) is 0 Å². The van der Waals surface area contributed by atoms with Crippen molar-refractivity contribution in [1.82, 2.24) is 0 Å². The molecule has 0 saturated heterocycles. The van der Waals surface area contributed by atoms with Gasteiger partial charge in [0, 0.05) is 17.8 Å². The molecule has 0 bridgehead atoms. The molecule has 0 radical (unpaired) electrons. The van der Waals surface area contributed by atoms with Crippen molar-refractivity contribution in [2.45, 2.75) is 6.42 Å². The standard InChI is InChI=1S/C15H13NO2/c17-13-6-7-14-12(10-13)8-9-16(14)15(18)11-4-2-1-3-5-11/h1-7,10,17H,8-9H2. The molecule has 3 nitrogen and oxygen atoms in total. The van der Waals surface area contributed by atoms with E-state index in [1.165, 1.54) is 0 Å². The molecular weight excluding hydrogens is 226 g/mol. The van der Waals surface area contributed by atoms with E-state index in [0.29, 0.717) is 12.1 Å². The maximum absolute atomic E-state index is 12.4. The Hall–Kier alpha value is -2.29. The van der Waals surface area contributed by atoms with E-state index in [1.54, 1.807) is 23.1 Å². The molecule has 3 rings (SSSR count). The lowest BCUT2D eigenvalue weighted by atomic mass is 10.1. The van der Waals surface area contributed by atoms with Gasteiger partial charge in [-0.2, -0.15) is 0 Å². The van der Waals surface area contributed by atoms with E-state index < -0.39 is 0 Å². The lowest BCUT2D eigenvalue weighted by Gasteiger charge is -2.17. The molecule has 1 aliphatic rings. The van der Waals surface area contributed by atoms with Crippen LogP contribution in [-0.4, -0.2) is 17.6 Å². The second kappa shape index (κ2) is 4.18. The quantitative estimate of drug-likeness (QED) is 0.831. The Bertz CT molecular complexity index is 593. The minimum absolute atomic E-state index is 0.0139. The van der Waals surface area contributed by atoms with Gasteiger partial charge in [0.2, 0.25) is 0 Å².